The summed E-state index contributed by atoms with van der Waals surface area (Å²) in [5, 5.41) is 9.64. The molecule has 1 N–H and O–H groups in total. The summed E-state index contributed by atoms with van der Waals surface area (Å²) in [5.41, 5.74) is 0.125. The zero-order valence-electron chi connectivity index (χ0n) is 12.8. The highest BCUT2D eigenvalue weighted by Crippen LogP contribution is 2.27. The predicted molar refractivity (Wildman–Crippen MR) is 77.8 cm³/mol. The molecule has 0 aromatic carbocycles. The Balaban J connectivity index is 2.38. The molecule has 3 heteroatoms. The van der Waals surface area contributed by atoms with Gasteiger partial charge in [0.1, 0.15) is 0 Å². The highest BCUT2D eigenvalue weighted by molar-refractivity contribution is 4.82. The number of hydrogen-bond donors (Lipinski definition) is 1. The maximum absolute atomic E-state index is 9.64. The van der Waals surface area contributed by atoms with Crippen LogP contribution in [0.5, 0.6) is 0 Å². The molecule has 1 heterocycles. The van der Waals surface area contributed by atoms with Crippen LogP contribution in [0.25, 0.3) is 0 Å². The second kappa shape index (κ2) is 7.46. The van der Waals surface area contributed by atoms with Gasteiger partial charge in [-0.05, 0) is 18.8 Å². The molecule has 18 heavy (non-hydrogen) atoms. The van der Waals surface area contributed by atoms with Crippen LogP contribution in [0, 0.1) is 11.3 Å². The first-order chi connectivity index (χ1) is 8.55. The summed E-state index contributed by atoms with van der Waals surface area (Å²) in [6, 6.07) is 0. The van der Waals surface area contributed by atoms with Gasteiger partial charge in [0.15, 0.2) is 0 Å². The minimum Gasteiger partial charge on any atom is -0.396 e. The van der Waals surface area contributed by atoms with E-state index >= 15 is 0 Å². The van der Waals surface area contributed by atoms with Gasteiger partial charge in [0.05, 0.1) is 0 Å². The van der Waals surface area contributed by atoms with Crippen molar-refractivity contribution in [2.75, 3.05) is 45.9 Å². The molecule has 0 radical (unpaired) electrons. The minimum absolute atomic E-state index is 0.125. The standard InChI is InChI=1S/C15H32N2O/c1-5-15(6-2,13-18)12-17-9-7-16(8-10-17)11-14(3)4/h14,18H,5-13H2,1-4H3. The molecule has 0 atom stereocenters. The van der Waals surface area contributed by atoms with Crippen LogP contribution in [0.3, 0.4) is 0 Å². The van der Waals surface area contributed by atoms with E-state index in [4.69, 9.17) is 0 Å². The maximum atomic E-state index is 9.64. The van der Waals surface area contributed by atoms with Gasteiger partial charge < -0.3 is 14.9 Å². The van der Waals surface area contributed by atoms with Gasteiger partial charge in [0.2, 0.25) is 0 Å². The Hall–Kier alpha value is -0.120. The third-order valence-corrected chi connectivity index (χ3v) is 4.48. The first-order valence-electron chi connectivity index (χ1n) is 7.60. The SMILES string of the molecule is CCC(CC)(CO)CN1CCN(CC(C)C)CC1. The third kappa shape index (κ3) is 4.52. The highest BCUT2D eigenvalue weighted by atomic mass is 16.3. The number of nitrogens with zero attached hydrogens (tertiary/aromatic N) is 2. The van der Waals surface area contributed by atoms with Crippen molar-refractivity contribution in [3.05, 3.63) is 0 Å². The molecule has 0 aliphatic carbocycles. The van der Waals surface area contributed by atoms with Gasteiger partial charge >= 0.3 is 0 Å². The Kier molecular flexibility index (Phi) is 6.61. The Labute approximate surface area is 113 Å². The van der Waals surface area contributed by atoms with Crippen LogP contribution in [-0.4, -0.2) is 60.8 Å². The number of hydrogen-bond acceptors (Lipinski definition) is 3. The van der Waals surface area contributed by atoms with E-state index < -0.39 is 0 Å². The maximum Gasteiger partial charge on any atom is 0.0499 e. The zero-order valence-corrected chi connectivity index (χ0v) is 12.8. The lowest BCUT2D eigenvalue weighted by atomic mass is 9.82. The van der Waals surface area contributed by atoms with Gasteiger partial charge in [-0.3, -0.25) is 0 Å². The van der Waals surface area contributed by atoms with E-state index in [0.29, 0.717) is 6.61 Å². The Morgan fingerprint density at radius 1 is 1.00 bits per heavy atom. The molecule has 1 aliphatic rings. The van der Waals surface area contributed by atoms with Crippen molar-refractivity contribution in [3.8, 4) is 0 Å². The zero-order chi connectivity index (χ0) is 13.6. The number of piperazine rings is 1. The van der Waals surface area contributed by atoms with Crippen LogP contribution in [0.1, 0.15) is 40.5 Å². The molecule has 0 amide bonds. The normalized spacial score (nSPS) is 19.7. The lowest BCUT2D eigenvalue weighted by Gasteiger charge is -2.41. The van der Waals surface area contributed by atoms with E-state index in [0.717, 1.165) is 38.4 Å². The molecule has 108 valence electrons. The Bertz CT molecular complexity index is 210. The topological polar surface area (TPSA) is 26.7 Å². The van der Waals surface area contributed by atoms with E-state index in [9.17, 15) is 5.11 Å². The first kappa shape index (κ1) is 15.9. The summed E-state index contributed by atoms with van der Waals surface area (Å²) in [5.74, 6) is 0.763. The molecule has 0 saturated carbocycles. The van der Waals surface area contributed by atoms with E-state index in [1.54, 1.807) is 0 Å². The van der Waals surface area contributed by atoms with Crippen LogP contribution < -0.4 is 0 Å². The molecule has 0 spiro atoms. The van der Waals surface area contributed by atoms with Crippen LogP contribution in [0.15, 0.2) is 0 Å². The van der Waals surface area contributed by atoms with Gasteiger partial charge in [-0.2, -0.15) is 0 Å². The summed E-state index contributed by atoms with van der Waals surface area (Å²) in [4.78, 5) is 5.11. The summed E-state index contributed by atoms with van der Waals surface area (Å²) in [6.07, 6.45) is 2.15. The van der Waals surface area contributed by atoms with Crippen molar-refractivity contribution in [3.63, 3.8) is 0 Å². The Morgan fingerprint density at radius 2 is 1.50 bits per heavy atom. The van der Waals surface area contributed by atoms with Crippen molar-refractivity contribution < 1.29 is 5.11 Å². The number of aliphatic hydroxyl groups is 1. The quantitative estimate of drug-likeness (QED) is 0.755. The summed E-state index contributed by atoms with van der Waals surface area (Å²) >= 11 is 0. The molecule has 3 nitrogen and oxygen atoms in total. The molecule has 0 aromatic heterocycles. The lowest BCUT2D eigenvalue weighted by Crippen LogP contribution is -2.51. The molecule has 1 rings (SSSR count). The van der Waals surface area contributed by atoms with Crippen LogP contribution >= 0.6 is 0 Å². The second-order valence-electron chi connectivity index (χ2n) is 6.34. The number of rotatable bonds is 7. The van der Waals surface area contributed by atoms with Crippen molar-refractivity contribution in [2.45, 2.75) is 40.5 Å². The monoisotopic (exact) mass is 256 g/mol. The predicted octanol–water partition coefficient (Wildman–Crippen LogP) is 2.06. The first-order valence-corrected chi connectivity index (χ1v) is 7.60. The average Bonchev–Trinajstić information content (AvgIpc) is 2.38. The summed E-state index contributed by atoms with van der Waals surface area (Å²) < 4.78 is 0. The highest BCUT2D eigenvalue weighted by Gasteiger charge is 2.29. The smallest absolute Gasteiger partial charge is 0.0499 e. The molecule has 1 saturated heterocycles. The van der Waals surface area contributed by atoms with Gasteiger partial charge in [-0.15, -0.1) is 0 Å². The fourth-order valence-electron chi connectivity index (χ4n) is 2.87. The van der Waals surface area contributed by atoms with Crippen molar-refractivity contribution in [2.24, 2.45) is 11.3 Å². The minimum atomic E-state index is 0.125. The van der Waals surface area contributed by atoms with E-state index in [-0.39, 0.29) is 5.41 Å². The molecule has 0 unspecified atom stereocenters. The van der Waals surface area contributed by atoms with E-state index in [1.807, 2.05) is 0 Å². The van der Waals surface area contributed by atoms with Crippen molar-refractivity contribution in [1.82, 2.24) is 9.80 Å². The molecule has 0 bridgehead atoms. The van der Waals surface area contributed by atoms with Crippen molar-refractivity contribution in [1.29, 1.82) is 0 Å². The largest absolute Gasteiger partial charge is 0.396 e. The van der Waals surface area contributed by atoms with Gasteiger partial charge in [0, 0.05) is 51.3 Å². The average molecular weight is 256 g/mol. The molecular weight excluding hydrogens is 224 g/mol. The molecule has 0 aromatic rings. The second-order valence-corrected chi connectivity index (χ2v) is 6.34. The third-order valence-electron chi connectivity index (χ3n) is 4.48. The fraction of sp³-hybridized carbons (Fsp3) is 1.00. The van der Waals surface area contributed by atoms with Crippen LogP contribution in [0.4, 0.5) is 0 Å². The molecule has 1 aliphatic heterocycles. The summed E-state index contributed by atoms with van der Waals surface area (Å²) in [7, 11) is 0. The fourth-order valence-corrected chi connectivity index (χ4v) is 2.87. The summed E-state index contributed by atoms with van der Waals surface area (Å²) in [6.45, 7) is 16.3. The van der Waals surface area contributed by atoms with Gasteiger partial charge in [-0.1, -0.05) is 27.7 Å². The van der Waals surface area contributed by atoms with Gasteiger partial charge in [-0.25, -0.2) is 0 Å². The van der Waals surface area contributed by atoms with Crippen molar-refractivity contribution >= 4 is 0 Å². The Morgan fingerprint density at radius 3 is 1.89 bits per heavy atom. The lowest BCUT2D eigenvalue weighted by molar-refractivity contribution is 0.0384. The van der Waals surface area contributed by atoms with E-state index in [2.05, 4.69) is 37.5 Å². The number of aliphatic hydroxyl groups excluding tert-OH is 1. The molecule has 1 fully saturated rings. The molecular formula is C15H32N2O. The van der Waals surface area contributed by atoms with Crippen LogP contribution in [0.2, 0.25) is 0 Å². The van der Waals surface area contributed by atoms with Crippen LogP contribution in [-0.2, 0) is 0 Å². The van der Waals surface area contributed by atoms with E-state index in [1.165, 1.54) is 19.6 Å². The van der Waals surface area contributed by atoms with Gasteiger partial charge in [0.25, 0.3) is 0 Å².